The summed E-state index contributed by atoms with van der Waals surface area (Å²) in [7, 11) is 0. The van der Waals surface area contributed by atoms with E-state index in [1.54, 1.807) is 0 Å². The SMILES string of the molecule is C=CCOC(=O)/C(C#N)=C/c1ccc(N2CCOCC2)cc1. The van der Waals surface area contributed by atoms with E-state index in [-0.39, 0.29) is 12.2 Å². The second-order valence-electron chi connectivity index (χ2n) is 4.75. The summed E-state index contributed by atoms with van der Waals surface area (Å²) >= 11 is 0. The lowest BCUT2D eigenvalue weighted by Gasteiger charge is -2.28. The maximum Gasteiger partial charge on any atom is 0.349 e. The molecular weight excluding hydrogens is 280 g/mol. The first kappa shape index (κ1) is 15.8. The summed E-state index contributed by atoms with van der Waals surface area (Å²) in [6.45, 7) is 6.75. The van der Waals surface area contributed by atoms with Gasteiger partial charge in [0.2, 0.25) is 0 Å². The van der Waals surface area contributed by atoms with Gasteiger partial charge in [-0.15, -0.1) is 0 Å². The average molecular weight is 298 g/mol. The third-order valence-corrected chi connectivity index (χ3v) is 3.25. The van der Waals surface area contributed by atoms with Crippen molar-refractivity contribution in [3.8, 4) is 6.07 Å². The van der Waals surface area contributed by atoms with Crippen molar-refractivity contribution in [3.63, 3.8) is 0 Å². The van der Waals surface area contributed by atoms with Crippen molar-refractivity contribution in [3.05, 3.63) is 48.1 Å². The third kappa shape index (κ3) is 4.21. The maximum atomic E-state index is 11.7. The Kier molecular flexibility index (Phi) is 5.75. The van der Waals surface area contributed by atoms with E-state index in [1.165, 1.54) is 12.2 Å². The topological polar surface area (TPSA) is 62.6 Å². The molecule has 5 heteroatoms. The average Bonchev–Trinajstić information content (AvgIpc) is 2.59. The minimum absolute atomic E-state index is 0.0269. The lowest BCUT2D eigenvalue weighted by Crippen LogP contribution is -2.36. The summed E-state index contributed by atoms with van der Waals surface area (Å²) in [5, 5.41) is 9.05. The molecule has 0 aromatic heterocycles. The minimum Gasteiger partial charge on any atom is -0.457 e. The molecular formula is C17H18N2O3. The van der Waals surface area contributed by atoms with Gasteiger partial charge in [-0.25, -0.2) is 4.79 Å². The Morgan fingerprint density at radius 2 is 2.05 bits per heavy atom. The first-order valence-electron chi connectivity index (χ1n) is 7.07. The summed E-state index contributed by atoms with van der Waals surface area (Å²) in [4.78, 5) is 13.9. The maximum absolute atomic E-state index is 11.7. The highest BCUT2D eigenvalue weighted by molar-refractivity contribution is 5.97. The Balaban J connectivity index is 2.08. The van der Waals surface area contributed by atoms with Gasteiger partial charge in [0.05, 0.1) is 13.2 Å². The molecule has 1 heterocycles. The molecule has 1 saturated heterocycles. The van der Waals surface area contributed by atoms with Crippen LogP contribution in [0.5, 0.6) is 0 Å². The number of hydrogen-bond acceptors (Lipinski definition) is 5. The van der Waals surface area contributed by atoms with E-state index < -0.39 is 5.97 Å². The van der Waals surface area contributed by atoms with Gasteiger partial charge < -0.3 is 14.4 Å². The van der Waals surface area contributed by atoms with Crippen LogP contribution in [0.15, 0.2) is 42.5 Å². The molecule has 1 aliphatic heterocycles. The van der Waals surface area contributed by atoms with Crippen molar-refractivity contribution in [2.75, 3.05) is 37.8 Å². The Bertz CT molecular complexity index is 593. The van der Waals surface area contributed by atoms with Crippen molar-refractivity contribution >= 4 is 17.7 Å². The number of esters is 1. The monoisotopic (exact) mass is 298 g/mol. The standard InChI is InChI=1S/C17H18N2O3/c1-2-9-22-17(20)15(13-18)12-14-3-5-16(6-4-14)19-7-10-21-11-8-19/h2-6,12H,1,7-11H2/b15-12+. The molecule has 0 unspecified atom stereocenters. The summed E-state index contributed by atoms with van der Waals surface area (Å²) in [5.74, 6) is -0.639. The predicted molar refractivity (Wildman–Crippen MR) is 84.2 cm³/mol. The number of anilines is 1. The smallest absolute Gasteiger partial charge is 0.349 e. The Labute approximate surface area is 130 Å². The molecule has 0 aliphatic carbocycles. The van der Waals surface area contributed by atoms with Crippen molar-refractivity contribution < 1.29 is 14.3 Å². The van der Waals surface area contributed by atoms with Gasteiger partial charge in [0.1, 0.15) is 18.2 Å². The molecule has 0 saturated carbocycles. The largest absolute Gasteiger partial charge is 0.457 e. The van der Waals surface area contributed by atoms with E-state index in [0.29, 0.717) is 0 Å². The second-order valence-corrected chi connectivity index (χ2v) is 4.75. The van der Waals surface area contributed by atoms with E-state index in [1.807, 2.05) is 30.3 Å². The zero-order valence-electron chi connectivity index (χ0n) is 12.3. The zero-order chi connectivity index (χ0) is 15.8. The summed E-state index contributed by atoms with van der Waals surface area (Å²) in [5.41, 5.74) is 1.86. The normalized spacial score (nSPS) is 15.0. The molecule has 114 valence electrons. The van der Waals surface area contributed by atoms with Crippen LogP contribution in [0.4, 0.5) is 5.69 Å². The Hall–Kier alpha value is -2.58. The first-order valence-corrected chi connectivity index (χ1v) is 7.07. The van der Waals surface area contributed by atoms with Crippen LogP contribution in [0.3, 0.4) is 0 Å². The quantitative estimate of drug-likeness (QED) is 0.361. The lowest BCUT2D eigenvalue weighted by atomic mass is 10.1. The molecule has 0 atom stereocenters. The van der Waals surface area contributed by atoms with Crippen LogP contribution < -0.4 is 4.90 Å². The van der Waals surface area contributed by atoms with Gasteiger partial charge in [-0.3, -0.25) is 0 Å². The molecule has 0 radical (unpaired) electrons. The van der Waals surface area contributed by atoms with Crippen molar-refractivity contribution in [1.29, 1.82) is 5.26 Å². The minimum atomic E-state index is -0.639. The highest BCUT2D eigenvalue weighted by Crippen LogP contribution is 2.18. The van der Waals surface area contributed by atoms with Crippen LogP contribution in [-0.4, -0.2) is 38.9 Å². The van der Waals surface area contributed by atoms with Crippen molar-refractivity contribution in [2.45, 2.75) is 0 Å². The first-order chi connectivity index (χ1) is 10.7. The van der Waals surface area contributed by atoms with Crippen molar-refractivity contribution in [1.82, 2.24) is 0 Å². The predicted octanol–water partition coefficient (Wildman–Crippen LogP) is 2.16. The van der Waals surface area contributed by atoms with E-state index in [0.717, 1.165) is 37.6 Å². The van der Waals surface area contributed by atoms with Crippen LogP contribution in [0.25, 0.3) is 6.08 Å². The van der Waals surface area contributed by atoms with Gasteiger partial charge in [-0.05, 0) is 23.8 Å². The van der Waals surface area contributed by atoms with Gasteiger partial charge in [-0.1, -0.05) is 24.8 Å². The molecule has 5 nitrogen and oxygen atoms in total. The fraction of sp³-hybridized carbons (Fsp3) is 0.294. The highest BCUT2D eigenvalue weighted by atomic mass is 16.5. The molecule has 0 bridgehead atoms. The van der Waals surface area contributed by atoms with Crippen LogP contribution in [0.2, 0.25) is 0 Å². The van der Waals surface area contributed by atoms with Gasteiger partial charge in [0, 0.05) is 18.8 Å². The van der Waals surface area contributed by atoms with E-state index in [2.05, 4.69) is 11.5 Å². The fourth-order valence-corrected chi connectivity index (χ4v) is 2.12. The zero-order valence-corrected chi connectivity index (χ0v) is 12.3. The Morgan fingerprint density at radius 3 is 2.64 bits per heavy atom. The highest BCUT2D eigenvalue weighted by Gasteiger charge is 2.12. The van der Waals surface area contributed by atoms with E-state index in [9.17, 15) is 4.79 Å². The number of hydrogen-bond donors (Lipinski definition) is 0. The van der Waals surface area contributed by atoms with E-state index >= 15 is 0 Å². The van der Waals surface area contributed by atoms with E-state index in [4.69, 9.17) is 14.7 Å². The van der Waals surface area contributed by atoms with Crippen LogP contribution in [0, 0.1) is 11.3 Å². The number of rotatable bonds is 5. The van der Waals surface area contributed by atoms with Gasteiger partial charge in [0.25, 0.3) is 0 Å². The molecule has 1 aromatic carbocycles. The van der Waals surface area contributed by atoms with Crippen LogP contribution in [0.1, 0.15) is 5.56 Å². The number of carbonyl (C=O) groups excluding carboxylic acids is 1. The van der Waals surface area contributed by atoms with Crippen molar-refractivity contribution in [2.24, 2.45) is 0 Å². The number of morpholine rings is 1. The molecule has 22 heavy (non-hydrogen) atoms. The van der Waals surface area contributed by atoms with Crippen LogP contribution in [-0.2, 0) is 14.3 Å². The number of nitriles is 1. The molecule has 0 N–H and O–H groups in total. The fourth-order valence-electron chi connectivity index (χ4n) is 2.12. The van der Waals surface area contributed by atoms with Gasteiger partial charge in [0.15, 0.2) is 0 Å². The molecule has 1 fully saturated rings. The molecule has 1 aliphatic rings. The molecule has 0 spiro atoms. The molecule has 0 amide bonds. The van der Waals surface area contributed by atoms with Crippen LogP contribution >= 0.6 is 0 Å². The third-order valence-electron chi connectivity index (χ3n) is 3.25. The number of carbonyl (C=O) groups is 1. The second kappa shape index (κ2) is 8.01. The van der Waals surface area contributed by atoms with Gasteiger partial charge >= 0.3 is 5.97 Å². The molecule has 1 aromatic rings. The number of benzene rings is 1. The summed E-state index contributed by atoms with van der Waals surface area (Å²) < 4.78 is 10.2. The number of nitrogens with zero attached hydrogens (tertiary/aromatic N) is 2. The Morgan fingerprint density at radius 1 is 1.36 bits per heavy atom. The van der Waals surface area contributed by atoms with Gasteiger partial charge in [-0.2, -0.15) is 5.26 Å². The number of ether oxygens (including phenoxy) is 2. The lowest BCUT2D eigenvalue weighted by molar-refractivity contribution is -0.137. The summed E-state index contributed by atoms with van der Waals surface area (Å²) in [6, 6.07) is 9.57. The molecule has 2 rings (SSSR count). The summed E-state index contributed by atoms with van der Waals surface area (Å²) in [6.07, 6.45) is 2.98.